The fourth-order valence-electron chi connectivity index (χ4n) is 13.3. The number of nitrogens with one attached hydrogen (secondary N) is 2. The summed E-state index contributed by atoms with van der Waals surface area (Å²) in [5.74, 6) is -1.05. The van der Waals surface area contributed by atoms with Crippen LogP contribution >= 0.6 is 11.3 Å². The van der Waals surface area contributed by atoms with Crippen molar-refractivity contribution < 1.29 is 29.1 Å². The van der Waals surface area contributed by atoms with E-state index in [1.165, 1.54) is 39.8 Å². The molecule has 0 bridgehead atoms. The molecule has 5 amide bonds. The van der Waals surface area contributed by atoms with E-state index in [1.54, 1.807) is 53.9 Å². The zero-order valence-corrected chi connectivity index (χ0v) is 42.1. The molecule has 4 aromatic heterocycles. The Balaban J connectivity index is 0.666. The van der Waals surface area contributed by atoms with Crippen molar-refractivity contribution in [2.24, 2.45) is 12.5 Å². The molecule has 9 heterocycles. The molecular formula is C55H60N10O7S. The van der Waals surface area contributed by atoms with Crippen LogP contribution in [0.5, 0.6) is 0 Å². The largest absolute Gasteiger partial charge is 0.392 e. The van der Waals surface area contributed by atoms with Crippen molar-refractivity contribution in [3.05, 3.63) is 109 Å². The number of amides is 5. The Morgan fingerprint density at radius 1 is 0.795 bits per heavy atom. The van der Waals surface area contributed by atoms with Crippen molar-refractivity contribution in [1.29, 1.82) is 0 Å². The van der Waals surface area contributed by atoms with E-state index in [-0.39, 0.29) is 36.3 Å². The number of piperazine rings is 1. The van der Waals surface area contributed by atoms with Gasteiger partial charge >= 0.3 is 0 Å². The third kappa shape index (κ3) is 8.31. The van der Waals surface area contributed by atoms with Gasteiger partial charge in [-0.15, -0.1) is 11.3 Å². The number of nitrogens with zero attached hydrogens (tertiary/aromatic N) is 8. The van der Waals surface area contributed by atoms with Crippen LogP contribution in [0.1, 0.15) is 117 Å². The molecule has 3 saturated heterocycles. The van der Waals surface area contributed by atoms with Crippen molar-refractivity contribution >= 4 is 69.6 Å². The minimum Gasteiger partial charge on any atom is -0.392 e. The summed E-state index contributed by atoms with van der Waals surface area (Å²) in [4.78, 5) is 100. The molecular weight excluding hydrogens is 945 g/mol. The summed E-state index contributed by atoms with van der Waals surface area (Å²) in [7, 11) is 1.70. The Morgan fingerprint density at radius 2 is 1.60 bits per heavy atom. The van der Waals surface area contributed by atoms with E-state index in [2.05, 4.69) is 43.3 Å². The van der Waals surface area contributed by atoms with Gasteiger partial charge in [0.1, 0.15) is 23.4 Å². The van der Waals surface area contributed by atoms with Gasteiger partial charge in [0.2, 0.25) is 11.8 Å². The molecule has 7 aliphatic rings. The summed E-state index contributed by atoms with van der Waals surface area (Å²) in [5, 5.41) is 16.4. The van der Waals surface area contributed by atoms with Crippen LogP contribution in [0.15, 0.2) is 65.8 Å². The number of hydrogen-bond acceptors (Lipinski definition) is 14. The maximum atomic E-state index is 14.0. The molecule has 4 atom stereocenters. The summed E-state index contributed by atoms with van der Waals surface area (Å²) in [5.41, 5.74) is 7.44. The minimum atomic E-state index is -0.982. The summed E-state index contributed by atoms with van der Waals surface area (Å²) in [6.45, 7) is 6.83. The SMILES string of the molecule is C[C@H]1CC2(CCC(N3CCN(c4ccc5c(c4)C(=O)N(C4CCC(=O)NC4=O)C5=O)CC3)C2)CCN1c1ccc(Nc2cc(-c3ccnc(N4CCc5c(sc6c5CCCC6)C4=O)c3CO)cn(C)c2=O)nc1. The van der Waals surface area contributed by atoms with Gasteiger partial charge in [-0.3, -0.25) is 48.8 Å². The predicted octanol–water partition coefficient (Wildman–Crippen LogP) is 5.97. The van der Waals surface area contributed by atoms with Crippen LogP contribution in [-0.2, 0) is 42.5 Å². The monoisotopic (exact) mass is 1000 g/mol. The van der Waals surface area contributed by atoms with Crippen LogP contribution < -0.4 is 30.9 Å². The lowest BCUT2D eigenvalue weighted by Gasteiger charge is -2.46. The first-order valence-electron chi connectivity index (χ1n) is 26.0. The molecule has 4 fully saturated rings. The van der Waals surface area contributed by atoms with E-state index in [0.29, 0.717) is 63.8 Å². The predicted molar refractivity (Wildman–Crippen MR) is 278 cm³/mol. The van der Waals surface area contributed by atoms with Crippen molar-refractivity contribution in [3.8, 4) is 11.1 Å². The number of imide groups is 2. The molecule has 5 aromatic rings. The molecule has 1 aromatic carbocycles. The quantitative estimate of drug-likeness (QED) is 0.146. The van der Waals surface area contributed by atoms with Gasteiger partial charge in [0.05, 0.1) is 34.5 Å². The zero-order valence-electron chi connectivity index (χ0n) is 41.3. The van der Waals surface area contributed by atoms with Gasteiger partial charge in [-0.25, -0.2) is 9.97 Å². The molecule has 5 aliphatic heterocycles. The van der Waals surface area contributed by atoms with E-state index in [0.717, 1.165) is 98.8 Å². The smallest absolute Gasteiger partial charge is 0.274 e. The normalized spacial score (nSPS) is 24.3. The number of fused-ring (bicyclic) bond motifs is 4. The first-order valence-corrected chi connectivity index (χ1v) is 26.8. The van der Waals surface area contributed by atoms with Crippen LogP contribution in [0.2, 0.25) is 0 Å². The second-order valence-corrected chi connectivity index (χ2v) is 22.3. The van der Waals surface area contributed by atoms with Crippen molar-refractivity contribution in [2.75, 3.05) is 59.3 Å². The number of aliphatic hydroxyl groups is 1. The third-order valence-corrected chi connectivity index (χ3v) is 18.4. The molecule has 3 unspecified atom stereocenters. The molecule has 1 saturated carbocycles. The van der Waals surface area contributed by atoms with Crippen LogP contribution in [0.25, 0.3) is 11.1 Å². The number of rotatable bonds is 9. The Labute approximate surface area is 427 Å². The molecule has 73 heavy (non-hydrogen) atoms. The van der Waals surface area contributed by atoms with E-state index >= 15 is 0 Å². The molecule has 2 aliphatic carbocycles. The van der Waals surface area contributed by atoms with Crippen LogP contribution in [0.4, 0.5) is 28.7 Å². The topological polar surface area (TPSA) is 194 Å². The first-order chi connectivity index (χ1) is 35.4. The average Bonchev–Trinajstić information content (AvgIpc) is 4.07. The second kappa shape index (κ2) is 18.6. The van der Waals surface area contributed by atoms with Crippen LogP contribution in [0.3, 0.4) is 0 Å². The minimum absolute atomic E-state index is 0.0629. The van der Waals surface area contributed by atoms with Crippen LogP contribution in [-0.4, -0.2) is 116 Å². The third-order valence-electron chi connectivity index (χ3n) is 17.0. The second-order valence-electron chi connectivity index (χ2n) is 21.2. The highest BCUT2D eigenvalue weighted by Crippen LogP contribution is 2.50. The van der Waals surface area contributed by atoms with Gasteiger partial charge in [-0.1, -0.05) is 0 Å². The van der Waals surface area contributed by atoms with Gasteiger partial charge < -0.3 is 24.8 Å². The molecule has 378 valence electrons. The molecule has 17 nitrogen and oxygen atoms in total. The summed E-state index contributed by atoms with van der Waals surface area (Å²) >= 11 is 1.62. The van der Waals surface area contributed by atoms with Crippen molar-refractivity contribution in [3.63, 3.8) is 0 Å². The number of aryl methyl sites for hydroxylation is 2. The van der Waals surface area contributed by atoms with E-state index in [9.17, 15) is 33.9 Å². The number of benzene rings is 1. The maximum Gasteiger partial charge on any atom is 0.274 e. The Kier molecular flexibility index (Phi) is 12.1. The summed E-state index contributed by atoms with van der Waals surface area (Å²) < 4.78 is 1.52. The summed E-state index contributed by atoms with van der Waals surface area (Å²) in [6.07, 6.45) is 16.4. The Hall–Kier alpha value is -6.76. The Bertz CT molecular complexity index is 3160. The van der Waals surface area contributed by atoms with E-state index < -0.39 is 29.7 Å². The number of aliphatic hydroxyl groups excluding tert-OH is 1. The van der Waals surface area contributed by atoms with Gasteiger partial charge in [0.15, 0.2) is 0 Å². The van der Waals surface area contributed by atoms with E-state index in [4.69, 9.17) is 4.98 Å². The van der Waals surface area contributed by atoms with Crippen molar-refractivity contribution in [2.45, 2.75) is 109 Å². The van der Waals surface area contributed by atoms with Crippen molar-refractivity contribution in [1.82, 2.24) is 29.7 Å². The average molecular weight is 1010 g/mol. The van der Waals surface area contributed by atoms with E-state index in [1.807, 2.05) is 24.4 Å². The molecule has 3 N–H and O–H groups in total. The van der Waals surface area contributed by atoms with Gasteiger partial charge in [0, 0.05) is 98.9 Å². The van der Waals surface area contributed by atoms with Gasteiger partial charge in [0.25, 0.3) is 23.3 Å². The lowest BCUT2D eigenvalue weighted by molar-refractivity contribution is -0.136. The Morgan fingerprint density at radius 3 is 2.38 bits per heavy atom. The summed E-state index contributed by atoms with van der Waals surface area (Å²) in [6, 6.07) is 12.8. The fourth-order valence-corrected chi connectivity index (χ4v) is 14.7. The number of piperidine rings is 2. The fraction of sp³-hybridized carbons (Fsp3) is 0.455. The first kappa shape index (κ1) is 47.3. The number of pyridine rings is 3. The number of carbonyl (C=O) groups excluding carboxylic acids is 5. The zero-order chi connectivity index (χ0) is 50.3. The number of hydrogen-bond donors (Lipinski definition) is 3. The molecule has 12 rings (SSSR count). The number of aromatic nitrogens is 3. The highest BCUT2D eigenvalue weighted by Gasteiger charge is 2.47. The van der Waals surface area contributed by atoms with Gasteiger partial charge in [-0.05, 0) is 142 Å². The highest BCUT2D eigenvalue weighted by atomic mass is 32.1. The maximum absolute atomic E-state index is 14.0. The number of carbonyl (C=O) groups is 5. The molecule has 0 radical (unpaired) electrons. The van der Waals surface area contributed by atoms with Crippen LogP contribution in [0, 0.1) is 5.41 Å². The number of thiophene rings is 1. The lowest BCUT2D eigenvalue weighted by atomic mass is 9.74. The molecule has 18 heteroatoms. The standard InChI is InChI=1S/C55H60N10O7S/c1-32-27-55(16-13-35(28-55)62-23-21-61(22-24-62)34-7-9-40-41(26-34)52(70)65(51(40)69)44-10-12-47(67)59-50(44)68)17-20-63(32)36-8-11-46(57-29-36)58-43-25-33(30-60(2)53(43)71)37-14-18-56-49(42(37)31-66)64-19-15-39-38-5-3-4-6-45(38)73-48(39)54(64)72/h7-9,11,14,18,25-26,29-30,32,35,44,66H,3-6,10,12-13,15-17,19-24,27-28,31H2,1-2H3,(H,57,58)(H,59,67,68)/t32-,35?,44?,55?/m0/s1. The lowest BCUT2D eigenvalue weighted by Crippen LogP contribution is -2.54. The van der Waals surface area contributed by atoms with Gasteiger partial charge in [-0.2, -0.15) is 0 Å². The molecule has 1 spiro atoms. The number of anilines is 5. The highest BCUT2D eigenvalue weighted by molar-refractivity contribution is 7.14.